The van der Waals surface area contributed by atoms with Gasteiger partial charge >= 0.3 is 0 Å². The van der Waals surface area contributed by atoms with Crippen molar-refractivity contribution in [3.8, 4) is 5.75 Å². The fourth-order valence-electron chi connectivity index (χ4n) is 3.88. The quantitative estimate of drug-likeness (QED) is 0.459. The average molecular weight is 441 g/mol. The zero-order valence-corrected chi connectivity index (χ0v) is 19.4. The summed E-state index contributed by atoms with van der Waals surface area (Å²) in [7, 11) is 1.82. The van der Waals surface area contributed by atoms with Crippen molar-refractivity contribution in [1.82, 2.24) is 0 Å². The molecule has 0 atom stereocenters. The van der Waals surface area contributed by atoms with Crippen LogP contribution >= 0.6 is 0 Å². The smallest absolute Gasteiger partial charge is 0.282 e. The fourth-order valence-corrected chi connectivity index (χ4v) is 3.88. The van der Waals surface area contributed by atoms with Crippen molar-refractivity contribution in [3.63, 3.8) is 0 Å². The van der Waals surface area contributed by atoms with Gasteiger partial charge in [-0.25, -0.2) is 4.90 Å². The largest absolute Gasteiger partial charge is 0.493 e. The molecule has 4 rings (SSSR count). The number of carbonyl (C=O) groups is 2. The van der Waals surface area contributed by atoms with E-state index in [9.17, 15) is 9.59 Å². The number of para-hydroxylation sites is 2. The highest BCUT2D eigenvalue weighted by Crippen LogP contribution is 2.37. The van der Waals surface area contributed by atoms with Gasteiger partial charge in [0.05, 0.1) is 17.9 Å². The SMILES string of the molecule is Cc1ccccc1N1C(=O)C(c2ccc(OCC(C)C)cc2)=C(N(C)c2ccccc2)C1=O. The van der Waals surface area contributed by atoms with Gasteiger partial charge in [0.25, 0.3) is 11.8 Å². The van der Waals surface area contributed by atoms with E-state index in [4.69, 9.17) is 4.74 Å². The summed E-state index contributed by atoms with van der Waals surface area (Å²) >= 11 is 0. The molecular formula is C28H28N2O3. The first-order valence-electron chi connectivity index (χ1n) is 11.1. The third kappa shape index (κ3) is 4.40. The minimum absolute atomic E-state index is 0.331. The van der Waals surface area contributed by atoms with E-state index >= 15 is 0 Å². The van der Waals surface area contributed by atoms with Gasteiger partial charge in [-0.3, -0.25) is 9.59 Å². The number of amides is 2. The molecule has 5 nitrogen and oxygen atoms in total. The molecule has 3 aromatic carbocycles. The van der Waals surface area contributed by atoms with Gasteiger partial charge in [-0.15, -0.1) is 0 Å². The maximum atomic E-state index is 13.7. The number of imide groups is 1. The Morgan fingerprint density at radius 3 is 2.12 bits per heavy atom. The molecule has 5 heteroatoms. The van der Waals surface area contributed by atoms with Crippen LogP contribution < -0.4 is 14.5 Å². The second-order valence-corrected chi connectivity index (χ2v) is 8.58. The minimum atomic E-state index is -0.337. The Balaban J connectivity index is 1.80. The Morgan fingerprint density at radius 2 is 1.48 bits per heavy atom. The predicted octanol–water partition coefficient (Wildman–Crippen LogP) is 5.45. The summed E-state index contributed by atoms with van der Waals surface area (Å²) in [5.74, 6) is 0.479. The van der Waals surface area contributed by atoms with Crippen molar-refractivity contribution in [3.05, 3.63) is 95.7 Å². The number of anilines is 2. The van der Waals surface area contributed by atoms with Crippen LogP contribution in [-0.2, 0) is 9.59 Å². The number of likely N-dealkylation sites (N-methyl/N-ethyl adjacent to an activating group) is 1. The molecule has 1 aliphatic rings. The fraction of sp³-hybridized carbons (Fsp3) is 0.214. The molecule has 0 aliphatic carbocycles. The number of aryl methyl sites for hydroxylation is 1. The second kappa shape index (κ2) is 9.33. The molecule has 0 bridgehead atoms. The van der Waals surface area contributed by atoms with Crippen molar-refractivity contribution in [2.45, 2.75) is 20.8 Å². The average Bonchev–Trinajstić information content (AvgIpc) is 3.08. The Hall–Kier alpha value is -3.86. The lowest BCUT2D eigenvalue weighted by Crippen LogP contribution is -2.34. The summed E-state index contributed by atoms with van der Waals surface area (Å²) in [5, 5.41) is 0. The Labute approximate surface area is 194 Å². The highest BCUT2D eigenvalue weighted by atomic mass is 16.5. The Kier molecular flexibility index (Phi) is 6.31. The highest BCUT2D eigenvalue weighted by Gasteiger charge is 2.42. The van der Waals surface area contributed by atoms with Crippen molar-refractivity contribution in [2.24, 2.45) is 5.92 Å². The van der Waals surface area contributed by atoms with Crippen LogP contribution in [0.3, 0.4) is 0 Å². The Bertz CT molecular complexity index is 1200. The zero-order chi connectivity index (χ0) is 23.5. The van der Waals surface area contributed by atoms with Crippen molar-refractivity contribution >= 4 is 28.8 Å². The third-order valence-corrected chi connectivity index (χ3v) is 5.62. The van der Waals surface area contributed by atoms with E-state index in [0.717, 1.165) is 17.0 Å². The van der Waals surface area contributed by atoms with Crippen LogP contribution in [0.25, 0.3) is 5.57 Å². The van der Waals surface area contributed by atoms with Gasteiger partial charge in [0.2, 0.25) is 0 Å². The molecule has 0 radical (unpaired) electrons. The molecule has 1 aliphatic heterocycles. The molecule has 0 spiro atoms. The lowest BCUT2D eigenvalue weighted by Gasteiger charge is -2.22. The number of benzene rings is 3. The van der Waals surface area contributed by atoms with Crippen molar-refractivity contribution < 1.29 is 14.3 Å². The number of carbonyl (C=O) groups excluding carboxylic acids is 2. The van der Waals surface area contributed by atoms with Gasteiger partial charge < -0.3 is 9.64 Å². The first kappa shape index (κ1) is 22.3. The van der Waals surface area contributed by atoms with Crippen LogP contribution in [0, 0.1) is 12.8 Å². The monoisotopic (exact) mass is 440 g/mol. The van der Waals surface area contributed by atoms with Gasteiger partial charge in [0.15, 0.2) is 0 Å². The number of nitrogens with zero attached hydrogens (tertiary/aromatic N) is 2. The zero-order valence-electron chi connectivity index (χ0n) is 19.4. The summed E-state index contributed by atoms with van der Waals surface area (Å²) in [6, 6.07) is 24.4. The number of rotatable bonds is 7. The van der Waals surface area contributed by atoms with Crippen LogP contribution in [0.1, 0.15) is 25.0 Å². The number of ether oxygens (including phenoxy) is 1. The van der Waals surface area contributed by atoms with Gasteiger partial charge in [-0.05, 0) is 54.3 Å². The summed E-state index contributed by atoms with van der Waals surface area (Å²) < 4.78 is 5.79. The molecule has 0 unspecified atom stereocenters. The van der Waals surface area contributed by atoms with E-state index in [1.54, 1.807) is 11.0 Å². The Morgan fingerprint density at radius 1 is 0.848 bits per heavy atom. The molecule has 1 heterocycles. The van der Waals surface area contributed by atoms with Gasteiger partial charge in [0.1, 0.15) is 11.4 Å². The summed E-state index contributed by atoms with van der Waals surface area (Å²) in [5.41, 5.74) is 3.70. The molecule has 0 aromatic heterocycles. The highest BCUT2D eigenvalue weighted by molar-refractivity contribution is 6.46. The van der Waals surface area contributed by atoms with E-state index in [0.29, 0.717) is 35.0 Å². The van der Waals surface area contributed by atoms with Crippen LogP contribution in [0.2, 0.25) is 0 Å². The van der Waals surface area contributed by atoms with Gasteiger partial charge in [-0.1, -0.05) is 62.4 Å². The molecular weight excluding hydrogens is 412 g/mol. The van der Waals surface area contributed by atoms with E-state index in [1.807, 2.05) is 86.8 Å². The second-order valence-electron chi connectivity index (χ2n) is 8.58. The summed E-state index contributed by atoms with van der Waals surface area (Å²) in [6.45, 7) is 6.69. The number of hydrogen-bond donors (Lipinski definition) is 0. The van der Waals surface area contributed by atoms with E-state index in [2.05, 4.69) is 13.8 Å². The molecule has 0 saturated carbocycles. The van der Waals surface area contributed by atoms with E-state index in [1.165, 1.54) is 4.90 Å². The van der Waals surface area contributed by atoms with E-state index in [-0.39, 0.29) is 11.8 Å². The summed E-state index contributed by atoms with van der Waals surface area (Å²) in [4.78, 5) is 30.5. The van der Waals surface area contributed by atoms with Crippen molar-refractivity contribution in [1.29, 1.82) is 0 Å². The molecule has 0 saturated heterocycles. The normalized spacial score (nSPS) is 13.8. The topological polar surface area (TPSA) is 49.9 Å². The first-order valence-corrected chi connectivity index (χ1v) is 11.1. The van der Waals surface area contributed by atoms with Gasteiger partial charge in [-0.2, -0.15) is 0 Å². The molecule has 0 N–H and O–H groups in total. The van der Waals surface area contributed by atoms with Crippen LogP contribution in [-0.4, -0.2) is 25.5 Å². The van der Waals surface area contributed by atoms with E-state index < -0.39 is 0 Å². The predicted molar refractivity (Wildman–Crippen MR) is 132 cm³/mol. The molecule has 2 amide bonds. The molecule has 33 heavy (non-hydrogen) atoms. The molecule has 0 fully saturated rings. The maximum absolute atomic E-state index is 13.7. The first-order chi connectivity index (χ1) is 15.9. The molecule has 168 valence electrons. The van der Waals surface area contributed by atoms with Crippen LogP contribution in [0.5, 0.6) is 5.75 Å². The standard InChI is InChI=1S/C28H28N2O3/c1-19(2)18-33-23-16-14-21(15-17-23)25-26(29(4)22-11-6-5-7-12-22)28(32)30(27(25)31)24-13-9-8-10-20(24)3/h5-17,19H,18H2,1-4H3. The van der Waals surface area contributed by atoms with Gasteiger partial charge in [0, 0.05) is 12.7 Å². The third-order valence-electron chi connectivity index (χ3n) is 5.62. The maximum Gasteiger partial charge on any atom is 0.282 e. The summed E-state index contributed by atoms with van der Waals surface area (Å²) in [6.07, 6.45) is 0. The lowest BCUT2D eigenvalue weighted by molar-refractivity contribution is -0.120. The molecule has 3 aromatic rings. The van der Waals surface area contributed by atoms with Crippen LogP contribution in [0.15, 0.2) is 84.6 Å². The van der Waals surface area contributed by atoms with Crippen molar-refractivity contribution in [2.75, 3.05) is 23.5 Å². The van der Waals surface area contributed by atoms with Crippen LogP contribution in [0.4, 0.5) is 11.4 Å². The number of hydrogen-bond acceptors (Lipinski definition) is 4. The minimum Gasteiger partial charge on any atom is -0.493 e. The lowest BCUT2D eigenvalue weighted by atomic mass is 10.0.